The van der Waals surface area contributed by atoms with Crippen LogP contribution in [0.2, 0.25) is 0 Å². The molecule has 0 saturated carbocycles. The van der Waals surface area contributed by atoms with E-state index in [0.29, 0.717) is 12.3 Å². The van der Waals surface area contributed by atoms with E-state index in [2.05, 4.69) is 22.8 Å². The van der Waals surface area contributed by atoms with Crippen LogP contribution < -0.4 is 10.6 Å². The first-order valence-corrected chi connectivity index (χ1v) is 7.35. The summed E-state index contributed by atoms with van der Waals surface area (Å²) in [5.74, 6) is 0.0637. The zero-order valence-corrected chi connectivity index (χ0v) is 12.6. The Morgan fingerprint density at radius 3 is 2.76 bits per heavy atom. The molecule has 21 heavy (non-hydrogen) atoms. The lowest BCUT2D eigenvalue weighted by molar-refractivity contribution is -0.124. The maximum atomic E-state index is 11.9. The number of benzene rings is 1. The lowest BCUT2D eigenvalue weighted by Gasteiger charge is -2.11. The maximum Gasteiger partial charge on any atom is 0.243 e. The van der Waals surface area contributed by atoms with Crippen molar-refractivity contribution in [2.24, 2.45) is 5.92 Å². The fraction of sp³-hybridized carbons (Fsp3) is 0.412. The molecule has 0 spiro atoms. The molecule has 1 atom stereocenters. The van der Waals surface area contributed by atoms with Gasteiger partial charge in [0.1, 0.15) is 0 Å². The third-order valence-electron chi connectivity index (χ3n) is 3.88. The standard InChI is InChI=1S/C17H22N2O2/c1-12-6-5-9-15(13(12)2)19-17(21)11-18-16(20)10-14-7-3-4-8-14/h3,5-7,9,14H,4,8,10-11H2,1-2H3,(H,18,20)(H,19,21)/t14-/m0/s1. The Bertz CT molecular complexity index is 564. The monoisotopic (exact) mass is 286 g/mol. The SMILES string of the molecule is Cc1cccc(NC(=O)CNC(=O)C[C@H]2C=CCC2)c1C. The molecule has 1 aromatic rings. The summed E-state index contributed by atoms with van der Waals surface area (Å²) in [4.78, 5) is 23.6. The molecule has 0 aliphatic heterocycles. The van der Waals surface area contributed by atoms with Crippen molar-refractivity contribution < 1.29 is 9.59 Å². The third kappa shape index (κ3) is 4.45. The van der Waals surface area contributed by atoms with Crippen LogP contribution in [0.5, 0.6) is 0 Å². The summed E-state index contributed by atoms with van der Waals surface area (Å²) < 4.78 is 0. The minimum atomic E-state index is -0.195. The van der Waals surface area contributed by atoms with Gasteiger partial charge in [-0.1, -0.05) is 24.3 Å². The smallest absolute Gasteiger partial charge is 0.243 e. The first kappa shape index (κ1) is 15.3. The van der Waals surface area contributed by atoms with Gasteiger partial charge in [0.2, 0.25) is 11.8 Å². The second-order valence-electron chi connectivity index (χ2n) is 5.54. The number of aryl methyl sites for hydroxylation is 1. The molecule has 2 N–H and O–H groups in total. The average Bonchev–Trinajstić information content (AvgIpc) is 2.94. The second-order valence-corrected chi connectivity index (χ2v) is 5.54. The van der Waals surface area contributed by atoms with Gasteiger partial charge in [0.15, 0.2) is 0 Å². The second kappa shape index (κ2) is 7.07. The van der Waals surface area contributed by atoms with Gasteiger partial charge in [0.25, 0.3) is 0 Å². The number of nitrogens with one attached hydrogen (secondary N) is 2. The highest BCUT2D eigenvalue weighted by Gasteiger charge is 2.14. The Labute approximate surface area is 125 Å². The molecule has 2 amide bonds. The summed E-state index contributed by atoms with van der Waals surface area (Å²) in [6, 6.07) is 5.77. The van der Waals surface area contributed by atoms with Crippen LogP contribution in [0.25, 0.3) is 0 Å². The molecule has 112 valence electrons. The molecule has 0 fully saturated rings. The largest absolute Gasteiger partial charge is 0.347 e. The van der Waals surface area contributed by atoms with Crippen LogP contribution >= 0.6 is 0 Å². The van der Waals surface area contributed by atoms with Gasteiger partial charge in [-0.3, -0.25) is 9.59 Å². The summed E-state index contributed by atoms with van der Waals surface area (Å²) >= 11 is 0. The van der Waals surface area contributed by atoms with Crippen molar-refractivity contribution in [2.45, 2.75) is 33.1 Å². The maximum absolute atomic E-state index is 11.9. The van der Waals surface area contributed by atoms with E-state index in [1.54, 1.807) is 0 Å². The van der Waals surface area contributed by atoms with Crippen molar-refractivity contribution >= 4 is 17.5 Å². The van der Waals surface area contributed by atoms with Crippen molar-refractivity contribution in [2.75, 3.05) is 11.9 Å². The molecule has 0 aromatic heterocycles. The van der Waals surface area contributed by atoms with Gasteiger partial charge >= 0.3 is 0 Å². The van der Waals surface area contributed by atoms with Crippen LogP contribution in [-0.4, -0.2) is 18.4 Å². The Morgan fingerprint density at radius 2 is 2.05 bits per heavy atom. The number of allylic oxidation sites excluding steroid dienone is 2. The summed E-state index contributed by atoms with van der Waals surface area (Å²) in [5.41, 5.74) is 2.98. The number of hydrogen-bond acceptors (Lipinski definition) is 2. The molecule has 1 aromatic carbocycles. The van der Waals surface area contributed by atoms with Gasteiger partial charge < -0.3 is 10.6 Å². The van der Waals surface area contributed by atoms with Crippen LogP contribution in [0.3, 0.4) is 0 Å². The van der Waals surface area contributed by atoms with Crippen LogP contribution in [0.4, 0.5) is 5.69 Å². The number of anilines is 1. The highest BCUT2D eigenvalue weighted by Crippen LogP contribution is 2.20. The quantitative estimate of drug-likeness (QED) is 0.818. The molecular formula is C17H22N2O2. The van der Waals surface area contributed by atoms with E-state index in [1.807, 2.05) is 32.0 Å². The normalized spacial score (nSPS) is 16.8. The van der Waals surface area contributed by atoms with Crippen LogP contribution in [0, 0.1) is 19.8 Å². The molecule has 4 nitrogen and oxygen atoms in total. The van der Waals surface area contributed by atoms with Crippen molar-refractivity contribution in [1.82, 2.24) is 5.32 Å². The van der Waals surface area contributed by atoms with E-state index >= 15 is 0 Å². The van der Waals surface area contributed by atoms with Crippen LogP contribution in [0.1, 0.15) is 30.4 Å². The fourth-order valence-corrected chi connectivity index (χ4v) is 2.44. The highest BCUT2D eigenvalue weighted by molar-refractivity contribution is 5.95. The van der Waals surface area contributed by atoms with Gasteiger partial charge in [0, 0.05) is 12.1 Å². The highest BCUT2D eigenvalue weighted by atomic mass is 16.2. The van der Waals surface area contributed by atoms with Crippen LogP contribution in [-0.2, 0) is 9.59 Å². The Balaban J connectivity index is 1.78. The Kier molecular flexibility index (Phi) is 5.14. The molecule has 0 heterocycles. The molecule has 0 saturated heterocycles. The Morgan fingerprint density at radius 1 is 1.24 bits per heavy atom. The van der Waals surface area contributed by atoms with Gasteiger partial charge in [-0.25, -0.2) is 0 Å². The van der Waals surface area contributed by atoms with E-state index in [0.717, 1.165) is 29.7 Å². The number of carbonyl (C=O) groups is 2. The summed E-state index contributed by atoms with van der Waals surface area (Å²) in [5, 5.41) is 5.51. The predicted molar refractivity (Wildman–Crippen MR) is 84.0 cm³/mol. The van der Waals surface area contributed by atoms with Crippen molar-refractivity contribution in [3.8, 4) is 0 Å². The lowest BCUT2D eigenvalue weighted by atomic mass is 10.1. The van der Waals surface area contributed by atoms with Gasteiger partial charge in [-0.15, -0.1) is 0 Å². The van der Waals surface area contributed by atoms with Crippen molar-refractivity contribution in [3.05, 3.63) is 41.5 Å². The molecular weight excluding hydrogens is 264 g/mol. The molecule has 0 radical (unpaired) electrons. The van der Waals surface area contributed by atoms with E-state index in [1.165, 1.54) is 0 Å². The molecule has 2 rings (SSSR count). The zero-order valence-electron chi connectivity index (χ0n) is 12.6. The number of rotatable bonds is 5. The average molecular weight is 286 g/mol. The molecule has 0 bridgehead atoms. The minimum absolute atomic E-state index is 0.0165. The molecule has 1 aliphatic carbocycles. The number of amides is 2. The van der Waals surface area contributed by atoms with Gasteiger partial charge in [-0.05, 0) is 49.8 Å². The Hall–Kier alpha value is -2.10. The lowest BCUT2D eigenvalue weighted by Crippen LogP contribution is -2.33. The molecule has 0 unspecified atom stereocenters. The first-order chi connectivity index (χ1) is 10.1. The van der Waals surface area contributed by atoms with Gasteiger partial charge in [0.05, 0.1) is 6.54 Å². The molecule has 1 aliphatic rings. The number of hydrogen-bond donors (Lipinski definition) is 2. The van der Waals surface area contributed by atoms with E-state index in [4.69, 9.17) is 0 Å². The summed E-state index contributed by atoms with van der Waals surface area (Å²) in [6.07, 6.45) is 6.72. The van der Waals surface area contributed by atoms with Crippen molar-refractivity contribution in [1.29, 1.82) is 0 Å². The van der Waals surface area contributed by atoms with E-state index in [-0.39, 0.29) is 18.4 Å². The van der Waals surface area contributed by atoms with Crippen LogP contribution in [0.15, 0.2) is 30.4 Å². The minimum Gasteiger partial charge on any atom is -0.347 e. The fourth-order valence-electron chi connectivity index (χ4n) is 2.44. The van der Waals surface area contributed by atoms with E-state index < -0.39 is 0 Å². The third-order valence-corrected chi connectivity index (χ3v) is 3.88. The summed E-state index contributed by atoms with van der Waals surface area (Å²) in [6.45, 7) is 3.99. The first-order valence-electron chi connectivity index (χ1n) is 7.35. The van der Waals surface area contributed by atoms with Crippen molar-refractivity contribution in [3.63, 3.8) is 0 Å². The van der Waals surface area contributed by atoms with E-state index in [9.17, 15) is 9.59 Å². The van der Waals surface area contributed by atoms with Gasteiger partial charge in [-0.2, -0.15) is 0 Å². The predicted octanol–water partition coefficient (Wildman–Crippen LogP) is 2.71. The number of carbonyl (C=O) groups excluding carboxylic acids is 2. The topological polar surface area (TPSA) is 58.2 Å². The molecule has 4 heteroatoms. The zero-order chi connectivity index (χ0) is 15.2. The summed E-state index contributed by atoms with van der Waals surface area (Å²) in [7, 11) is 0.